The molecule has 0 aliphatic heterocycles. The molecule has 0 aliphatic rings. The summed E-state index contributed by atoms with van der Waals surface area (Å²) >= 11 is 0. The third kappa shape index (κ3) is 2.91. The number of hydrogen-bond acceptors (Lipinski definition) is 3. The summed E-state index contributed by atoms with van der Waals surface area (Å²) in [5.41, 5.74) is 6.01. The normalized spacial score (nSPS) is 10.3. The minimum Gasteiger partial charge on any atom is -0.399 e. The molecule has 0 aliphatic carbocycles. The Hall–Kier alpha value is -2.70. The zero-order chi connectivity index (χ0) is 15.6. The molecule has 2 aromatic carbocycles. The molecule has 2 rings (SSSR count). The van der Waals surface area contributed by atoms with E-state index >= 15 is 0 Å². The van der Waals surface area contributed by atoms with Crippen LogP contribution in [0.4, 0.5) is 30.2 Å². The van der Waals surface area contributed by atoms with E-state index in [1.807, 2.05) is 0 Å². The number of nitrogens with two attached hydrogens (primary N) is 1. The number of benzene rings is 2. The summed E-state index contributed by atoms with van der Waals surface area (Å²) in [6.45, 7) is 0. The van der Waals surface area contributed by atoms with Gasteiger partial charge in [-0.2, -0.15) is 0 Å². The van der Waals surface area contributed by atoms with Crippen molar-refractivity contribution in [2.45, 2.75) is 0 Å². The highest BCUT2D eigenvalue weighted by molar-refractivity contribution is 6.00. The van der Waals surface area contributed by atoms with Gasteiger partial charge in [0.05, 0.1) is 16.9 Å². The number of halogens is 3. The average Bonchev–Trinajstić information content (AvgIpc) is 2.47. The maximum atomic E-state index is 13.7. The Kier molecular flexibility index (Phi) is 4.02. The van der Waals surface area contributed by atoms with Gasteiger partial charge in [-0.1, -0.05) is 0 Å². The van der Waals surface area contributed by atoms with E-state index in [1.165, 1.54) is 25.2 Å². The summed E-state index contributed by atoms with van der Waals surface area (Å²) in [5, 5.41) is 4.96. The molecule has 110 valence electrons. The maximum absolute atomic E-state index is 13.7. The van der Waals surface area contributed by atoms with Gasteiger partial charge in [0.15, 0.2) is 17.5 Å². The lowest BCUT2D eigenvalue weighted by Gasteiger charge is -2.13. The molecule has 0 aromatic heterocycles. The third-order valence-corrected chi connectivity index (χ3v) is 2.82. The second kappa shape index (κ2) is 5.74. The van der Waals surface area contributed by atoms with Crippen molar-refractivity contribution in [3.05, 3.63) is 53.3 Å². The first kappa shape index (κ1) is 14.7. The maximum Gasteiger partial charge on any atom is 0.253 e. The molecule has 0 saturated heterocycles. The fourth-order valence-electron chi connectivity index (χ4n) is 1.77. The van der Waals surface area contributed by atoms with E-state index in [2.05, 4.69) is 10.6 Å². The van der Waals surface area contributed by atoms with Gasteiger partial charge in [-0.15, -0.1) is 0 Å². The van der Waals surface area contributed by atoms with Crippen LogP contribution >= 0.6 is 0 Å². The third-order valence-electron chi connectivity index (χ3n) is 2.82. The van der Waals surface area contributed by atoms with Crippen molar-refractivity contribution in [2.24, 2.45) is 0 Å². The van der Waals surface area contributed by atoms with Gasteiger partial charge in [-0.05, 0) is 30.3 Å². The summed E-state index contributed by atoms with van der Waals surface area (Å²) in [5.74, 6) is -4.69. The first-order valence-corrected chi connectivity index (χ1v) is 5.96. The lowest BCUT2D eigenvalue weighted by atomic mass is 10.1. The van der Waals surface area contributed by atoms with Crippen LogP contribution in [0.3, 0.4) is 0 Å². The van der Waals surface area contributed by atoms with E-state index in [0.717, 1.165) is 12.1 Å². The first-order chi connectivity index (χ1) is 9.93. The topological polar surface area (TPSA) is 67.2 Å². The van der Waals surface area contributed by atoms with Crippen LogP contribution in [0.2, 0.25) is 0 Å². The van der Waals surface area contributed by atoms with Crippen molar-refractivity contribution in [1.82, 2.24) is 5.32 Å². The zero-order valence-electron chi connectivity index (χ0n) is 11.0. The van der Waals surface area contributed by atoms with Crippen molar-refractivity contribution in [2.75, 3.05) is 18.1 Å². The Morgan fingerprint density at radius 2 is 1.76 bits per heavy atom. The molecule has 21 heavy (non-hydrogen) atoms. The number of nitrogens with one attached hydrogen (secondary N) is 2. The van der Waals surface area contributed by atoms with Crippen LogP contribution < -0.4 is 16.4 Å². The number of carbonyl (C=O) groups excluding carboxylic acids is 1. The fourth-order valence-corrected chi connectivity index (χ4v) is 1.77. The van der Waals surface area contributed by atoms with Crippen molar-refractivity contribution in [3.8, 4) is 0 Å². The molecule has 7 heteroatoms. The Balaban J connectivity index is 2.46. The monoisotopic (exact) mass is 295 g/mol. The standard InChI is InChI=1S/C14H12F3N3O/c1-19-14(21)8-3-2-7(18)6-11(8)20-10-5-4-9(15)12(16)13(10)17/h2-6,20H,18H2,1H3,(H,19,21). The molecule has 0 spiro atoms. The van der Waals surface area contributed by atoms with Gasteiger partial charge in [-0.25, -0.2) is 13.2 Å². The average molecular weight is 295 g/mol. The van der Waals surface area contributed by atoms with Crippen molar-refractivity contribution in [3.63, 3.8) is 0 Å². The molecule has 0 heterocycles. The van der Waals surface area contributed by atoms with Crippen molar-refractivity contribution >= 4 is 23.0 Å². The lowest BCUT2D eigenvalue weighted by Crippen LogP contribution is -2.19. The summed E-state index contributed by atoms with van der Waals surface area (Å²) < 4.78 is 39.8. The van der Waals surface area contributed by atoms with Crippen molar-refractivity contribution < 1.29 is 18.0 Å². The summed E-state index contributed by atoms with van der Waals surface area (Å²) in [6.07, 6.45) is 0. The molecule has 4 N–H and O–H groups in total. The van der Waals surface area contributed by atoms with Gasteiger partial charge >= 0.3 is 0 Å². The molecule has 0 atom stereocenters. The molecule has 0 fully saturated rings. The van der Waals surface area contributed by atoms with E-state index in [0.29, 0.717) is 5.69 Å². The second-order valence-corrected chi connectivity index (χ2v) is 4.23. The molecule has 1 amide bonds. The molecule has 4 nitrogen and oxygen atoms in total. The number of amides is 1. The Bertz CT molecular complexity index is 704. The lowest BCUT2D eigenvalue weighted by molar-refractivity contribution is 0.0964. The van der Waals surface area contributed by atoms with Crippen LogP contribution in [-0.4, -0.2) is 13.0 Å². The van der Waals surface area contributed by atoms with E-state index < -0.39 is 23.4 Å². The number of nitrogen functional groups attached to an aromatic ring is 1. The van der Waals surface area contributed by atoms with Crippen LogP contribution in [0, 0.1) is 17.5 Å². The Labute approximate surface area is 118 Å². The van der Waals surface area contributed by atoms with Gasteiger partial charge in [-0.3, -0.25) is 4.79 Å². The van der Waals surface area contributed by atoms with E-state index in [9.17, 15) is 18.0 Å². The summed E-state index contributed by atoms with van der Waals surface area (Å²) in [4.78, 5) is 11.7. The molecular weight excluding hydrogens is 283 g/mol. The highest BCUT2D eigenvalue weighted by Crippen LogP contribution is 2.27. The van der Waals surface area contributed by atoms with Gasteiger partial charge in [0, 0.05) is 12.7 Å². The number of hydrogen-bond donors (Lipinski definition) is 3. The number of carbonyl (C=O) groups is 1. The molecule has 0 unspecified atom stereocenters. The Morgan fingerprint density at radius 3 is 2.43 bits per heavy atom. The molecule has 0 radical (unpaired) electrons. The largest absolute Gasteiger partial charge is 0.399 e. The van der Waals surface area contributed by atoms with Gasteiger partial charge in [0.2, 0.25) is 0 Å². The number of rotatable bonds is 3. The SMILES string of the molecule is CNC(=O)c1ccc(N)cc1Nc1ccc(F)c(F)c1F. The van der Waals surface area contributed by atoms with Crippen LogP contribution in [-0.2, 0) is 0 Å². The molecule has 0 saturated carbocycles. The Morgan fingerprint density at radius 1 is 1.05 bits per heavy atom. The minimum absolute atomic E-state index is 0.180. The van der Waals surface area contributed by atoms with Crippen molar-refractivity contribution in [1.29, 1.82) is 0 Å². The van der Waals surface area contributed by atoms with Gasteiger partial charge in [0.1, 0.15) is 0 Å². The molecule has 2 aromatic rings. The summed E-state index contributed by atoms with van der Waals surface area (Å²) in [6, 6.07) is 6.15. The van der Waals surface area contributed by atoms with Gasteiger partial charge < -0.3 is 16.4 Å². The van der Waals surface area contributed by atoms with E-state index in [4.69, 9.17) is 5.73 Å². The molecule has 0 bridgehead atoms. The first-order valence-electron chi connectivity index (χ1n) is 5.96. The van der Waals surface area contributed by atoms with E-state index in [-0.39, 0.29) is 16.9 Å². The summed E-state index contributed by atoms with van der Waals surface area (Å²) in [7, 11) is 1.43. The van der Waals surface area contributed by atoms with Crippen LogP contribution in [0.1, 0.15) is 10.4 Å². The minimum atomic E-state index is -1.59. The van der Waals surface area contributed by atoms with Crippen LogP contribution in [0.15, 0.2) is 30.3 Å². The second-order valence-electron chi connectivity index (χ2n) is 4.23. The molecular formula is C14H12F3N3O. The highest BCUT2D eigenvalue weighted by atomic mass is 19.2. The zero-order valence-corrected chi connectivity index (χ0v) is 11.0. The fraction of sp³-hybridized carbons (Fsp3) is 0.0714. The van der Waals surface area contributed by atoms with Crippen LogP contribution in [0.5, 0.6) is 0 Å². The van der Waals surface area contributed by atoms with E-state index in [1.54, 1.807) is 0 Å². The highest BCUT2D eigenvalue weighted by Gasteiger charge is 2.16. The quantitative estimate of drug-likeness (QED) is 0.602. The van der Waals surface area contributed by atoms with Crippen LogP contribution in [0.25, 0.3) is 0 Å². The predicted octanol–water partition coefficient (Wildman–Crippen LogP) is 2.79. The predicted molar refractivity (Wildman–Crippen MR) is 73.8 cm³/mol. The van der Waals surface area contributed by atoms with Gasteiger partial charge in [0.25, 0.3) is 5.91 Å². The smallest absolute Gasteiger partial charge is 0.253 e. The number of anilines is 3.